The summed E-state index contributed by atoms with van der Waals surface area (Å²) >= 11 is 0. The van der Waals surface area contributed by atoms with Crippen molar-refractivity contribution in [3.05, 3.63) is 251 Å². The molecule has 12 rings (SSSR count). The van der Waals surface area contributed by atoms with Gasteiger partial charge in [0.15, 0.2) is 11.4 Å². The number of benzene rings is 10. The number of rotatable bonds is 7. The van der Waals surface area contributed by atoms with Crippen molar-refractivity contribution in [3.63, 3.8) is 0 Å². The van der Waals surface area contributed by atoms with Crippen LogP contribution in [0.2, 0.25) is 0 Å². The Hall–Kier alpha value is -10.8. The van der Waals surface area contributed by atoms with E-state index in [-0.39, 0.29) is 0 Å². The van der Waals surface area contributed by atoms with E-state index in [0.717, 1.165) is 116 Å². The highest BCUT2D eigenvalue weighted by atomic mass is 15.1. The summed E-state index contributed by atoms with van der Waals surface area (Å²) in [6.45, 7) is 17.8. The fraction of sp³-hybridized carbons (Fsp3) is 0.0152. The van der Waals surface area contributed by atoms with Gasteiger partial charge in [-0.3, -0.25) is 0 Å². The van der Waals surface area contributed by atoms with Gasteiger partial charge in [-0.05, 0) is 153 Å². The van der Waals surface area contributed by atoms with Crippen molar-refractivity contribution in [1.29, 1.82) is 15.8 Å². The molecule has 10 aromatic carbocycles. The molecule has 0 saturated heterocycles. The highest BCUT2D eigenvalue weighted by molar-refractivity contribution is 6.14. The number of nitrogens with zero attached hydrogens (tertiary/aromatic N) is 7. The fourth-order valence-electron chi connectivity index (χ4n) is 10.4. The monoisotopic (exact) mass is 927 g/mol. The van der Waals surface area contributed by atoms with Gasteiger partial charge < -0.3 is 9.13 Å². The Morgan fingerprint density at radius 3 is 1.03 bits per heavy atom. The van der Waals surface area contributed by atoms with Gasteiger partial charge in [0.05, 0.1) is 81.5 Å². The van der Waals surface area contributed by atoms with Crippen LogP contribution < -0.4 is 0 Å². The quantitative estimate of drug-likeness (QED) is 0.149. The molecule has 2 aromatic heterocycles. The van der Waals surface area contributed by atoms with Gasteiger partial charge in [0.1, 0.15) is 0 Å². The average molecular weight is 928 g/mol. The Morgan fingerprint density at radius 1 is 0.342 bits per heavy atom. The van der Waals surface area contributed by atoms with Crippen molar-refractivity contribution in [2.24, 2.45) is 0 Å². The molecule has 0 aliphatic carbocycles. The van der Waals surface area contributed by atoms with Crippen LogP contribution in [0.1, 0.15) is 22.3 Å². The van der Waals surface area contributed by atoms with Crippen LogP contribution in [0, 0.1) is 54.1 Å². The van der Waals surface area contributed by atoms with Gasteiger partial charge in [-0.2, -0.15) is 15.8 Å². The van der Waals surface area contributed by atoms with Crippen molar-refractivity contribution in [3.8, 4) is 85.2 Å². The van der Waals surface area contributed by atoms with Crippen LogP contribution in [0.5, 0.6) is 0 Å². The highest BCUT2D eigenvalue weighted by Gasteiger charge is 2.24. The second-order valence-corrected chi connectivity index (χ2v) is 18.2. The molecule has 0 amide bonds. The van der Waals surface area contributed by atoms with Gasteiger partial charge in [-0.1, -0.05) is 121 Å². The molecule has 0 unspecified atom stereocenters. The van der Waals surface area contributed by atoms with E-state index in [4.69, 9.17) is 13.1 Å². The normalized spacial score (nSPS) is 11.0. The molecule has 2 heterocycles. The molecule has 0 atom stereocenters. The summed E-state index contributed by atoms with van der Waals surface area (Å²) in [6, 6.07) is 76.0. The minimum Gasteiger partial charge on any atom is -0.307 e. The van der Waals surface area contributed by atoms with E-state index in [1.165, 1.54) is 0 Å². The van der Waals surface area contributed by atoms with Gasteiger partial charge >= 0.3 is 0 Å². The maximum Gasteiger partial charge on any atom is 0.187 e. The molecule has 0 aliphatic heterocycles. The predicted octanol–water partition coefficient (Wildman–Crippen LogP) is 17.2. The highest BCUT2D eigenvalue weighted by Crippen LogP contribution is 2.44. The Labute approximate surface area is 421 Å². The Balaban J connectivity index is 1.25. The topological polar surface area (TPSA) is 89.9 Å². The molecule has 0 bridgehead atoms. The summed E-state index contributed by atoms with van der Waals surface area (Å²) in [5.41, 5.74) is 18.7. The second kappa shape index (κ2) is 17.6. The Kier molecular flexibility index (Phi) is 10.5. The van der Waals surface area contributed by atoms with Crippen molar-refractivity contribution < 1.29 is 0 Å². The number of aromatic nitrogens is 2. The molecule has 0 saturated carbocycles. The van der Waals surface area contributed by atoms with Crippen LogP contribution in [0.15, 0.2) is 206 Å². The van der Waals surface area contributed by atoms with Crippen LogP contribution in [0.4, 0.5) is 11.4 Å². The molecular formula is C66H37N7. The van der Waals surface area contributed by atoms with E-state index in [2.05, 4.69) is 129 Å². The predicted molar refractivity (Wildman–Crippen MR) is 294 cm³/mol. The van der Waals surface area contributed by atoms with E-state index < -0.39 is 0 Å². The summed E-state index contributed by atoms with van der Waals surface area (Å²) in [5.74, 6) is 0. The first kappa shape index (κ1) is 43.5. The van der Waals surface area contributed by atoms with E-state index in [1.54, 1.807) is 0 Å². The third-order valence-corrected chi connectivity index (χ3v) is 13.9. The first-order valence-corrected chi connectivity index (χ1v) is 23.6. The number of fused-ring (bicyclic) bond motifs is 6. The summed E-state index contributed by atoms with van der Waals surface area (Å²) in [5, 5.41) is 34.2. The minimum absolute atomic E-state index is 0.555. The lowest BCUT2D eigenvalue weighted by atomic mass is 9.97. The molecular weight excluding hydrogens is 891 g/mol. The van der Waals surface area contributed by atoms with E-state index in [0.29, 0.717) is 28.1 Å². The van der Waals surface area contributed by atoms with Crippen LogP contribution in [-0.2, 0) is 0 Å². The first-order valence-electron chi connectivity index (χ1n) is 23.6. The molecule has 0 spiro atoms. The van der Waals surface area contributed by atoms with Gasteiger partial charge in [0, 0.05) is 21.5 Å². The maximum atomic E-state index is 10.1. The largest absolute Gasteiger partial charge is 0.307 e. The summed E-state index contributed by atoms with van der Waals surface area (Å²) in [7, 11) is 0. The van der Waals surface area contributed by atoms with Crippen molar-refractivity contribution in [2.45, 2.75) is 6.92 Å². The van der Waals surface area contributed by atoms with Crippen LogP contribution in [0.25, 0.3) is 120 Å². The molecule has 336 valence electrons. The van der Waals surface area contributed by atoms with Crippen molar-refractivity contribution in [2.75, 3.05) is 0 Å². The SMILES string of the molecule is [C-]#[N+]c1cccc(-c2ccc3c4ccc(-c5cccc([N+]#[C-])c5)cc4n(-c4cc(C)c(-c5cccc(C#N)c5)cc4-n4c5cc(-c6cccc(C#N)c6)ccc5c5ccc(-c6cccc(C#N)c6)cc54)c3c2)c1. The minimum atomic E-state index is 0.555. The standard InChI is InChI=1S/C66H37N7/c1-41-27-65(72-61-35-51(47-14-7-17-54(31-47)70-2)21-25-56(61)57-26-22-52(36-62(57)72)48-15-8-18-55(32-48)71-3)66(37-60(41)53-16-6-11-44(30-53)40-69)73-63-33-49(45-12-4-9-42(28-45)38-67)19-23-58(63)59-24-20-50(34-64(59)73)46-13-5-10-43(29-46)39-68/h4-37H,1H3. The summed E-state index contributed by atoms with van der Waals surface area (Å²) < 4.78 is 4.70. The molecule has 0 fully saturated rings. The molecule has 0 aliphatic rings. The van der Waals surface area contributed by atoms with Gasteiger partial charge in [0.25, 0.3) is 0 Å². The zero-order chi connectivity index (χ0) is 49.7. The van der Waals surface area contributed by atoms with Gasteiger partial charge in [-0.15, -0.1) is 0 Å². The van der Waals surface area contributed by atoms with Gasteiger partial charge in [-0.25, -0.2) is 9.69 Å². The second-order valence-electron chi connectivity index (χ2n) is 18.2. The number of hydrogen-bond acceptors (Lipinski definition) is 3. The average Bonchev–Trinajstić information content (AvgIpc) is 3.96. The van der Waals surface area contributed by atoms with E-state index in [9.17, 15) is 15.8 Å². The van der Waals surface area contributed by atoms with E-state index in [1.807, 2.05) is 121 Å². The maximum absolute atomic E-state index is 10.1. The summed E-state index contributed by atoms with van der Waals surface area (Å²) in [4.78, 5) is 7.52. The summed E-state index contributed by atoms with van der Waals surface area (Å²) in [6.07, 6.45) is 0. The molecule has 12 aromatic rings. The number of hydrogen-bond donors (Lipinski definition) is 0. The lowest BCUT2D eigenvalue weighted by Crippen LogP contribution is -2.05. The third kappa shape index (κ3) is 7.51. The number of aryl methyl sites for hydroxylation is 1. The van der Waals surface area contributed by atoms with Crippen LogP contribution in [0.3, 0.4) is 0 Å². The van der Waals surface area contributed by atoms with Crippen molar-refractivity contribution >= 4 is 55.0 Å². The van der Waals surface area contributed by atoms with Crippen molar-refractivity contribution in [1.82, 2.24) is 9.13 Å². The molecule has 7 nitrogen and oxygen atoms in total. The molecule has 7 heteroatoms. The molecule has 73 heavy (non-hydrogen) atoms. The molecule has 0 N–H and O–H groups in total. The third-order valence-electron chi connectivity index (χ3n) is 13.9. The Bertz CT molecular complexity index is 4300. The number of nitriles is 3. The Morgan fingerprint density at radius 2 is 0.658 bits per heavy atom. The lowest BCUT2D eigenvalue weighted by molar-refractivity contribution is 1.09. The van der Waals surface area contributed by atoms with Gasteiger partial charge in [0.2, 0.25) is 0 Å². The fourth-order valence-corrected chi connectivity index (χ4v) is 10.4. The molecule has 0 radical (unpaired) electrons. The first-order chi connectivity index (χ1) is 35.8. The van der Waals surface area contributed by atoms with Crippen LogP contribution in [-0.4, -0.2) is 9.13 Å². The smallest absolute Gasteiger partial charge is 0.187 e. The van der Waals surface area contributed by atoms with Crippen LogP contribution >= 0.6 is 0 Å². The lowest BCUT2D eigenvalue weighted by Gasteiger charge is -2.21. The van der Waals surface area contributed by atoms with E-state index >= 15 is 0 Å². The zero-order valence-electron chi connectivity index (χ0n) is 39.3. The zero-order valence-corrected chi connectivity index (χ0v) is 39.3.